The molecule has 0 saturated carbocycles. The Labute approximate surface area is 116 Å². The van der Waals surface area contributed by atoms with E-state index < -0.39 is 17.4 Å². The Morgan fingerprint density at radius 3 is 2.11 bits per heavy atom. The zero-order chi connectivity index (χ0) is 15.1. The van der Waals surface area contributed by atoms with Crippen LogP contribution in [0.5, 0.6) is 0 Å². The summed E-state index contributed by atoms with van der Waals surface area (Å²) in [6.45, 7) is 8.15. The van der Waals surface area contributed by atoms with Crippen LogP contribution in [-0.4, -0.2) is 31.6 Å². The van der Waals surface area contributed by atoms with Gasteiger partial charge in [-0.15, -0.1) is 0 Å². The van der Waals surface area contributed by atoms with Crippen LogP contribution in [0.2, 0.25) is 0 Å². The summed E-state index contributed by atoms with van der Waals surface area (Å²) in [5, 5.41) is 2.80. The smallest absolute Gasteiger partial charge is 0.328 e. The Morgan fingerprint density at radius 1 is 1.26 bits per heavy atom. The molecule has 0 aliphatic heterocycles. The lowest BCUT2D eigenvalue weighted by atomic mass is 9.81. The number of nitrogens with two attached hydrogens (primary N) is 1. The summed E-state index contributed by atoms with van der Waals surface area (Å²) in [7, 11) is 1.33. The molecule has 0 unspecified atom stereocenters. The van der Waals surface area contributed by atoms with Gasteiger partial charge in [-0.05, 0) is 25.2 Å². The van der Waals surface area contributed by atoms with Gasteiger partial charge >= 0.3 is 5.97 Å². The number of carbonyl (C=O) groups is 2. The second-order valence-corrected chi connectivity index (χ2v) is 5.37. The first kappa shape index (κ1) is 17.9. The highest BCUT2D eigenvalue weighted by Crippen LogP contribution is 2.25. The highest BCUT2D eigenvalue weighted by Gasteiger charge is 2.36. The number of hydrogen-bond donors (Lipinski definition) is 2. The van der Waals surface area contributed by atoms with Gasteiger partial charge in [-0.1, -0.05) is 27.7 Å². The van der Waals surface area contributed by atoms with Crippen molar-refractivity contribution >= 4 is 11.9 Å². The van der Waals surface area contributed by atoms with Crippen LogP contribution in [0.1, 0.15) is 47.0 Å². The molecule has 0 rings (SSSR count). The standard InChI is InChI=1S/C14H28N2O3/c1-6-14(7-2,9-15)13(18)16-11(8-10(3)4)12(17)19-5/h10-11H,6-9,15H2,1-5H3,(H,16,18)/t11-/m0/s1. The monoisotopic (exact) mass is 272 g/mol. The summed E-state index contributed by atoms with van der Waals surface area (Å²) in [6.07, 6.45) is 1.87. The fourth-order valence-electron chi connectivity index (χ4n) is 2.09. The molecule has 0 aliphatic rings. The molecule has 0 heterocycles. The zero-order valence-electron chi connectivity index (χ0n) is 12.8. The van der Waals surface area contributed by atoms with Crippen LogP contribution in [-0.2, 0) is 14.3 Å². The van der Waals surface area contributed by atoms with E-state index in [9.17, 15) is 9.59 Å². The van der Waals surface area contributed by atoms with Crippen molar-refractivity contribution in [1.82, 2.24) is 5.32 Å². The summed E-state index contributed by atoms with van der Waals surface area (Å²) in [5.41, 5.74) is 5.14. The topological polar surface area (TPSA) is 81.4 Å². The van der Waals surface area contributed by atoms with Gasteiger partial charge < -0.3 is 15.8 Å². The van der Waals surface area contributed by atoms with Gasteiger partial charge in [0.05, 0.1) is 12.5 Å². The van der Waals surface area contributed by atoms with Gasteiger partial charge in [-0.3, -0.25) is 4.79 Å². The molecule has 0 aromatic rings. The second kappa shape index (κ2) is 8.15. The molecule has 0 aromatic carbocycles. The number of nitrogens with one attached hydrogen (secondary N) is 1. The zero-order valence-corrected chi connectivity index (χ0v) is 12.8. The van der Waals surface area contributed by atoms with Crippen LogP contribution in [0.15, 0.2) is 0 Å². The van der Waals surface area contributed by atoms with E-state index in [1.165, 1.54) is 7.11 Å². The molecule has 0 aliphatic carbocycles. The van der Waals surface area contributed by atoms with Gasteiger partial charge in [0.2, 0.25) is 5.91 Å². The van der Waals surface area contributed by atoms with Crippen molar-refractivity contribution < 1.29 is 14.3 Å². The first-order chi connectivity index (χ1) is 8.86. The Bertz CT molecular complexity index is 291. The predicted molar refractivity (Wildman–Crippen MR) is 75.5 cm³/mol. The summed E-state index contributed by atoms with van der Waals surface area (Å²) < 4.78 is 4.74. The van der Waals surface area contributed by atoms with Crippen LogP contribution < -0.4 is 11.1 Å². The minimum absolute atomic E-state index is 0.156. The van der Waals surface area contributed by atoms with Gasteiger partial charge in [0, 0.05) is 6.54 Å². The molecule has 5 nitrogen and oxygen atoms in total. The summed E-state index contributed by atoms with van der Waals surface area (Å²) in [5.74, 6) is -0.267. The van der Waals surface area contributed by atoms with Crippen LogP contribution in [0.25, 0.3) is 0 Å². The molecule has 1 amide bonds. The molecular formula is C14H28N2O3. The Morgan fingerprint density at radius 2 is 1.79 bits per heavy atom. The fraction of sp³-hybridized carbons (Fsp3) is 0.857. The molecule has 0 aromatic heterocycles. The van der Waals surface area contributed by atoms with Gasteiger partial charge in [0.15, 0.2) is 0 Å². The maximum Gasteiger partial charge on any atom is 0.328 e. The van der Waals surface area contributed by atoms with E-state index >= 15 is 0 Å². The number of esters is 1. The average molecular weight is 272 g/mol. The first-order valence-corrected chi connectivity index (χ1v) is 6.95. The van der Waals surface area contributed by atoms with Crippen LogP contribution in [0.3, 0.4) is 0 Å². The minimum Gasteiger partial charge on any atom is -0.467 e. The molecule has 0 saturated heterocycles. The molecule has 0 radical (unpaired) electrons. The molecule has 3 N–H and O–H groups in total. The maximum absolute atomic E-state index is 12.4. The highest BCUT2D eigenvalue weighted by atomic mass is 16.5. The number of hydrogen-bond acceptors (Lipinski definition) is 4. The third kappa shape index (κ3) is 4.82. The quantitative estimate of drug-likeness (QED) is 0.655. The predicted octanol–water partition coefficient (Wildman–Crippen LogP) is 1.46. The molecule has 5 heteroatoms. The Hall–Kier alpha value is -1.10. The highest BCUT2D eigenvalue weighted by molar-refractivity contribution is 5.88. The Balaban J connectivity index is 4.92. The fourth-order valence-corrected chi connectivity index (χ4v) is 2.09. The lowest BCUT2D eigenvalue weighted by Crippen LogP contribution is -2.51. The lowest BCUT2D eigenvalue weighted by Gasteiger charge is -2.30. The first-order valence-electron chi connectivity index (χ1n) is 6.95. The van der Waals surface area contributed by atoms with Gasteiger partial charge in [0.1, 0.15) is 6.04 Å². The molecule has 0 bridgehead atoms. The van der Waals surface area contributed by atoms with E-state index in [1.807, 2.05) is 27.7 Å². The summed E-state index contributed by atoms with van der Waals surface area (Å²) in [6, 6.07) is -0.596. The number of amides is 1. The number of methoxy groups -OCH3 is 1. The van der Waals surface area contributed by atoms with Crippen molar-refractivity contribution in [2.24, 2.45) is 17.1 Å². The van der Waals surface area contributed by atoms with Crippen molar-refractivity contribution in [3.05, 3.63) is 0 Å². The molecule has 19 heavy (non-hydrogen) atoms. The molecule has 0 fully saturated rings. The van der Waals surface area contributed by atoms with Crippen LogP contribution in [0.4, 0.5) is 0 Å². The normalized spacial score (nSPS) is 13.2. The van der Waals surface area contributed by atoms with Gasteiger partial charge in [-0.2, -0.15) is 0 Å². The number of rotatable bonds is 8. The van der Waals surface area contributed by atoms with Crippen molar-refractivity contribution in [1.29, 1.82) is 0 Å². The molecular weight excluding hydrogens is 244 g/mol. The molecule has 1 atom stereocenters. The lowest BCUT2D eigenvalue weighted by molar-refractivity contribution is -0.147. The van der Waals surface area contributed by atoms with E-state index in [1.54, 1.807) is 0 Å². The Kier molecular flexibility index (Phi) is 7.68. The number of carbonyl (C=O) groups excluding carboxylic acids is 2. The second-order valence-electron chi connectivity index (χ2n) is 5.37. The van der Waals surface area contributed by atoms with E-state index in [0.717, 1.165) is 0 Å². The van der Waals surface area contributed by atoms with E-state index in [2.05, 4.69) is 5.32 Å². The minimum atomic E-state index is -0.596. The van der Waals surface area contributed by atoms with Crippen molar-refractivity contribution in [2.75, 3.05) is 13.7 Å². The van der Waals surface area contributed by atoms with Crippen molar-refractivity contribution in [2.45, 2.75) is 53.0 Å². The number of ether oxygens (including phenoxy) is 1. The van der Waals surface area contributed by atoms with Gasteiger partial charge in [0.25, 0.3) is 0 Å². The SMILES string of the molecule is CCC(CC)(CN)C(=O)N[C@@H](CC(C)C)C(=O)OC. The molecule has 112 valence electrons. The summed E-state index contributed by atoms with van der Waals surface area (Å²) in [4.78, 5) is 24.1. The van der Waals surface area contributed by atoms with E-state index in [4.69, 9.17) is 10.5 Å². The summed E-state index contributed by atoms with van der Waals surface area (Å²) >= 11 is 0. The van der Waals surface area contributed by atoms with Crippen molar-refractivity contribution in [3.63, 3.8) is 0 Å². The average Bonchev–Trinajstić information content (AvgIpc) is 2.39. The maximum atomic E-state index is 12.4. The van der Waals surface area contributed by atoms with Gasteiger partial charge in [-0.25, -0.2) is 4.79 Å². The van der Waals surface area contributed by atoms with Crippen LogP contribution >= 0.6 is 0 Å². The van der Waals surface area contributed by atoms with E-state index in [-0.39, 0.29) is 12.5 Å². The largest absolute Gasteiger partial charge is 0.467 e. The van der Waals surface area contributed by atoms with E-state index in [0.29, 0.717) is 25.2 Å². The van der Waals surface area contributed by atoms with Crippen molar-refractivity contribution in [3.8, 4) is 0 Å². The third-order valence-electron chi connectivity index (χ3n) is 3.72. The molecule has 0 spiro atoms. The van der Waals surface area contributed by atoms with Crippen LogP contribution in [0, 0.1) is 11.3 Å². The third-order valence-corrected chi connectivity index (χ3v) is 3.72.